The topological polar surface area (TPSA) is 69.2 Å². The van der Waals surface area contributed by atoms with E-state index in [4.69, 9.17) is 4.74 Å². The van der Waals surface area contributed by atoms with Crippen molar-refractivity contribution in [3.63, 3.8) is 0 Å². The zero-order valence-corrected chi connectivity index (χ0v) is 21.1. The summed E-state index contributed by atoms with van der Waals surface area (Å²) in [5, 5.41) is 6.50. The average Bonchev–Trinajstić information content (AvgIpc) is 3.25. The number of hydrogen-bond donors (Lipinski definition) is 2. The Morgan fingerprint density at radius 3 is 2.52 bits per heavy atom. The van der Waals surface area contributed by atoms with E-state index < -0.39 is 0 Å². The van der Waals surface area contributed by atoms with Crippen molar-refractivity contribution in [1.29, 1.82) is 0 Å². The summed E-state index contributed by atoms with van der Waals surface area (Å²) in [6.45, 7) is 4.00. The third kappa shape index (κ3) is 6.72. The average molecular weight is 567 g/mol. The SMILES string of the molecule is CN=C(NCCC(=O)N1CCN(c2ccc(F)cc2)CC1)NCC1Cc2ccccc2O1.I. The van der Waals surface area contributed by atoms with E-state index in [1.807, 2.05) is 23.1 Å². The van der Waals surface area contributed by atoms with Gasteiger partial charge in [0, 0.05) is 58.3 Å². The molecule has 178 valence electrons. The molecule has 1 amide bonds. The summed E-state index contributed by atoms with van der Waals surface area (Å²) in [6, 6.07) is 14.6. The largest absolute Gasteiger partial charge is 0.488 e. The minimum atomic E-state index is -0.236. The molecule has 7 nitrogen and oxygen atoms in total. The first-order valence-electron chi connectivity index (χ1n) is 11.1. The van der Waals surface area contributed by atoms with E-state index in [0.29, 0.717) is 38.6 Å². The second kappa shape index (κ2) is 12.1. The molecule has 2 N–H and O–H groups in total. The second-order valence-corrected chi connectivity index (χ2v) is 8.03. The fraction of sp³-hybridized carbons (Fsp3) is 0.417. The van der Waals surface area contributed by atoms with Crippen LogP contribution < -0.4 is 20.3 Å². The lowest BCUT2D eigenvalue weighted by Gasteiger charge is -2.36. The predicted octanol–water partition coefficient (Wildman–Crippen LogP) is 2.65. The zero-order valence-electron chi connectivity index (χ0n) is 18.8. The first-order valence-corrected chi connectivity index (χ1v) is 11.1. The molecule has 0 spiro atoms. The van der Waals surface area contributed by atoms with Crippen LogP contribution in [0.5, 0.6) is 5.75 Å². The van der Waals surface area contributed by atoms with Gasteiger partial charge in [0.05, 0.1) is 6.54 Å². The van der Waals surface area contributed by atoms with Crippen LogP contribution in [0.15, 0.2) is 53.5 Å². The Morgan fingerprint density at radius 2 is 1.82 bits per heavy atom. The smallest absolute Gasteiger partial charge is 0.224 e. The third-order valence-electron chi connectivity index (χ3n) is 5.89. The summed E-state index contributed by atoms with van der Waals surface area (Å²) >= 11 is 0. The highest BCUT2D eigenvalue weighted by Crippen LogP contribution is 2.27. The fourth-order valence-corrected chi connectivity index (χ4v) is 4.11. The maximum Gasteiger partial charge on any atom is 0.224 e. The molecule has 2 aromatic carbocycles. The van der Waals surface area contributed by atoms with Gasteiger partial charge in [0.2, 0.25) is 5.91 Å². The van der Waals surface area contributed by atoms with E-state index in [0.717, 1.165) is 30.9 Å². The fourth-order valence-electron chi connectivity index (χ4n) is 4.11. The molecule has 0 bridgehead atoms. The Hall–Kier alpha value is -2.56. The summed E-state index contributed by atoms with van der Waals surface area (Å²) in [6.07, 6.45) is 1.36. The van der Waals surface area contributed by atoms with Gasteiger partial charge < -0.3 is 25.2 Å². The number of carbonyl (C=O) groups is 1. The van der Waals surface area contributed by atoms with E-state index in [9.17, 15) is 9.18 Å². The molecular weight excluding hydrogens is 536 g/mol. The van der Waals surface area contributed by atoms with Crippen LogP contribution in [0.4, 0.5) is 10.1 Å². The molecule has 1 atom stereocenters. The molecule has 0 radical (unpaired) electrons. The standard InChI is InChI=1S/C24H30FN5O2.HI/c1-26-24(28-17-21-16-18-4-2-3-5-22(18)32-21)27-11-10-23(31)30-14-12-29(13-15-30)20-8-6-19(25)7-9-20;/h2-9,21H,10-17H2,1H3,(H2,26,27,28);1H. The number of nitrogens with one attached hydrogen (secondary N) is 2. The van der Waals surface area contributed by atoms with Crippen molar-refractivity contribution < 1.29 is 13.9 Å². The number of fused-ring (bicyclic) bond motifs is 1. The van der Waals surface area contributed by atoms with Crippen molar-refractivity contribution in [2.24, 2.45) is 4.99 Å². The molecule has 33 heavy (non-hydrogen) atoms. The molecule has 0 aliphatic carbocycles. The maximum atomic E-state index is 13.1. The highest BCUT2D eigenvalue weighted by molar-refractivity contribution is 14.0. The summed E-state index contributed by atoms with van der Waals surface area (Å²) in [7, 11) is 1.72. The van der Waals surface area contributed by atoms with Crippen molar-refractivity contribution in [2.75, 3.05) is 51.2 Å². The first kappa shape index (κ1) is 25.1. The number of anilines is 1. The molecule has 0 saturated carbocycles. The lowest BCUT2D eigenvalue weighted by Crippen LogP contribution is -2.49. The van der Waals surface area contributed by atoms with Crippen LogP contribution in [0.3, 0.4) is 0 Å². The van der Waals surface area contributed by atoms with Gasteiger partial charge in [-0.2, -0.15) is 0 Å². The number of rotatable bonds is 6. The number of nitrogens with zero attached hydrogens (tertiary/aromatic N) is 3. The van der Waals surface area contributed by atoms with Crippen molar-refractivity contribution in [1.82, 2.24) is 15.5 Å². The number of halogens is 2. The highest BCUT2D eigenvalue weighted by atomic mass is 127. The Morgan fingerprint density at radius 1 is 1.09 bits per heavy atom. The number of ether oxygens (including phenoxy) is 1. The minimum absolute atomic E-state index is 0. The molecule has 1 unspecified atom stereocenters. The Bertz CT molecular complexity index is 923. The van der Waals surface area contributed by atoms with Crippen LogP contribution in [0, 0.1) is 5.82 Å². The normalized spacial score (nSPS) is 17.6. The van der Waals surface area contributed by atoms with Crippen molar-refractivity contribution in [3.05, 3.63) is 59.9 Å². The van der Waals surface area contributed by atoms with Gasteiger partial charge in [0.1, 0.15) is 17.7 Å². The molecule has 1 fully saturated rings. The second-order valence-electron chi connectivity index (χ2n) is 8.03. The number of guanidine groups is 1. The highest BCUT2D eigenvalue weighted by Gasteiger charge is 2.23. The molecule has 0 aromatic heterocycles. The van der Waals surface area contributed by atoms with Crippen molar-refractivity contribution >= 4 is 41.5 Å². The molecule has 1 saturated heterocycles. The quantitative estimate of drug-likeness (QED) is 0.319. The van der Waals surface area contributed by atoms with Gasteiger partial charge in [-0.3, -0.25) is 9.79 Å². The number of amides is 1. The number of piperazine rings is 1. The number of carbonyl (C=O) groups excluding carboxylic acids is 1. The zero-order chi connectivity index (χ0) is 22.3. The predicted molar refractivity (Wildman–Crippen MR) is 139 cm³/mol. The maximum absolute atomic E-state index is 13.1. The Balaban J connectivity index is 0.00000306. The first-order chi connectivity index (χ1) is 15.6. The van der Waals surface area contributed by atoms with Gasteiger partial charge >= 0.3 is 0 Å². The molecule has 2 aliphatic heterocycles. The summed E-state index contributed by atoms with van der Waals surface area (Å²) in [4.78, 5) is 20.9. The Labute approximate surface area is 211 Å². The lowest BCUT2D eigenvalue weighted by atomic mass is 10.1. The van der Waals surface area contributed by atoms with E-state index in [1.165, 1.54) is 17.7 Å². The van der Waals surface area contributed by atoms with Crippen molar-refractivity contribution in [2.45, 2.75) is 18.9 Å². The van der Waals surface area contributed by atoms with Gasteiger partial charge in [-0.1, -0.05) is 18.2 Å². The van der Waals surface area contributed by atoms with Gasteiger partial charge in [-0.25, -0.2) is 4.39 Å². The monoisotopic (exact) mass is 567 g/mol. The van der Waals surface area contributed by atoms with E-state index >= 15 is 0 Å². The van der Waals surface area contributed by atoms with E-state index in [1.54, 1.807) is 19.2 Å². The number of para-hydroxylation sites is 1. The van der Waals surface area contributed by atoms with Crippen molar-refractivity contribution in [3.8, 4) is 5.75 Å². The molecule has 4 rings (SSSR count). The molecular formula is C24H31FIN5O2. The van der Waals surface area contributed by atoms with Gasteiger partial charge in [-0.15, -0.1) is 24.0 Å². The van der Waals surface area contributed by atoms with Gasteiger partial charge in [-0.05, 0) is 35.9 Å². The third-order valence-corrected chi connectivity index (χ3v) is 5.89. The molecule has 2 aliphatic rings. The summed E-state index contributed by atoms with van der Waals surface area (Å²) < 4.78 is 19.1. The molecule has 2 heterocycles. The number of benzene rings is 2. The van der Waals surface area contributed by atoms with Gasteiger partial charge in [0.25, 0.3) is 0 Å². The van der Waals surface area contributed by atoms with Crippen LogP contribution in [0.1, 0.15) is 12.0 Å². The van der Waals surface area contributed by atoms with Crippen LogP contribution >= 0.6 is 24.0 Å². The number of hydrogen-bond acceptors (Lipinski definition) is 4. The summed E-state index contributed by atoms with van der Waals surface area (Å²) in [5.74, 6) is 1.51. The number of aliphatic imine (C=N–C) groups is 1. The van der Waals surface area contributed by atoms with Crippen LogP contribution in [-0.4, -0.2) is 69.2 Å². The minimum Gasteiger partial charge on any atom is -0.488 e. The van der Waals surface area contributed by atoms with Crippen LogP contribution in [-0.2, 0) is 11.2 Å². The van der Waals surface area contributed by atoms with Crippen LogP contribution in [0.2, 0.25) is 0 Å². The molecule has 2 aromatic rings. The van der Waals surface area contributed by atoms with Gasteiger partial charge in [0.15, 0.2) is 5.96 Å². The van der Waals surface area contributed by atoms with Crippen LogP contribution in [0.25, 0.3) is 0 Å². The van der Waals surface area contributed by atoms with E-state index in [2.05, 4.69) is 26.6 Å². The van der Waals surface area contributed by atoms with E-state index in [-0.39, 0.29) is 41.8 Å². The molecule has 9 heteroatoms. The summed E-state index contributed by atoms with van der Waals surface area (Å²) in [5.41, 5.74) is 2.22. The Kier molecular flexibility index (Phi) is 9.16. The lowest BCUT2D eigenvalue weighted by molar-refractivity contribution is -0.131.